The molecule has 1 unspecified atom stereocenters. The van der Waals surface area contributed by atoms with Gasteiger partial charge >= 0.3 is 6.18 Å². The lowest BCUT2D eigenvalue weighted by Crippen LogP contribution is -2.51. The standard InChI is InChI=1S/C23H28F3N7O2/c1-11(2)19-21(35)31-18-12(3)28-22(32-20(18)33(19)4)30-15-8-14(9-15)29-17(34)7-13-5-6-16(27-10-13)23(24,25)26/h5-6,10-11,14-15,19H,7-9H2,1-4H3,(H,29,34)(H,31,35)(H,28,30,32). The van der Waals surface area contributed by atoms with E-state index in [1.807, 2.05) is 32.7 Å². The van der Waals surface area contributed by atoms with Crippen LogP contribution in [-0.2, 0) is 22.2 Å². The quantitative estimate of drug-likeness (QED) is 0.570. The number of pyridine rings is 1. The molecule has 12 heteroatoms. The summed E-state index contributed by atoms with van der Waals surface area (Å²) in [5, 5.41) is 9.10. The summed E-state index contributed by atoms with van der Waals surface area (Å²) in [5.41, 5.74) is 0.700. The molecule has 2 aliphatic rings. The second-order valence-corrected chi connectivity index (χ2v) is 9.42. The van der Waals surface area contributed by atoms with Crippen LogP contribution in [0.2, 0.25) is 0 Å². The molecule has 35 heavy (non-hydrogen) atoms. The SMILES string of the molecule is Cc1nc(NC2CC(NC(=O)Cc3ccc(C(F)(F)F)nc3)C2)nc2c1NC(=O)C(C(C)C)N2C. The Morgan fingerprint density at radius 2 is 1.94 bits per heavy atom. The number of fused-ring (bicyclic) bond motifs is 1. The van der Waals surface area contributed by atoms with Crippen LogP contribution in [0.4, 0.5) is 30.6 Å². The molecule has 2 aromatic heterocycles. The minimum Gasteiger partial charge on any atom is -0.353 e. The molecule has 3 N–H and O–H groups in total. The van der Waals surface area contributed by atoms with Crippen LogP contribution < -0.4 is 20.9 Å². The number of anilines is 3. The van der Waals surface area contributed by atoms with Gasteiger partial charge in [-0.1, -0.05) is 19.9 Å². The molecule has 0 aromatic carbocycles. The fraction of sp³-hybridized carbons (Fsp3) is 0.522. The number of nitrogens with zero attached hydrogens (tertiary/aromatic N) is 4. The van der Waals surface area contributed by atoms with Gasteiger partial charge in [-0.25, -0.2) is 4.98 Å². The number of aromatic nitrogens is 3. The van der Waals surface area contributed by atoms with E-state index in [9.17, 15) is 22.8 Å². The molecule has 9 nitrogen and oxygen atoms in total. The first-order valence-corrected chi connectivity index (χ1v) is 11.4. The third-order valence-corrected chi connectivity index (χ3v) is 6.29. The molecule has 2 aromatic rings. The van der Waals surface area contributed by atoms with Gasteiger partial charge in [0.05, 0.1) is 12.1 Å². The second-order valence-electron chi connectivity index (χ2n) is 9.42. The van der Waals surface area contributed by atoms with Gasteiger partial charge in [0.15, 0.2) is 5.82 Å². The lowest BCUT2D eigenvalue weighted by molar-refractivity contribution is -0.141. The molecule has 3 heterocycles. The highest BCUT2D eigenvalue weighted by atomic mass is 19.4. The summed E-state index contributed by atoms with van der Waals surface area (Å²) in [6.45, 7) is 5.78. The molecule has 0 saturated heterocycles. The second kappa shape index (κ2) is 9.31. The number of aryl methyl sites for hydroxylation is 1. The van der Waals surface area contributed by atoms with Crippen molar-refractivity contribution in [1.82, 2.24) is 20.3 Å². The minimum absolute atomic E-state index is 0.0397. The van der Waals surface area contributed by atoms with Crippen LogP contribution in [0, 0.1) is 12.8 Å². The smallest absolute Gasteiger partial charge is 0.353 e. The zero-order valence-corrected chi connectivity index (χ0v) is 19.9. The number of carbonyl (C=O) groups is 2. The summed E-state index contributed by atoms with van der Waals surface area (Å²) in [5.74, 6) is 0.874. The number of halogens is 3. The summed E-state index contributed by atoms with van der Waals surface area (Å²) in [4.78, 5) is 39.1. The predicted octanol–water partition coefficient (Wildman–Crippen LogP) is 2.91. The molecule has 1 aliphatic heterocycles. The Kier molecular flexibility index (Phi) is 6.56. The largest absolute Gasteiger partial charge is 0.433 e. The van der Waals surface area contributed by atoms with E-state index in [1.165, 1.54) is 6.07 Å². The van der Waals surface area contributed by atoms with Gasteiger partial charge < -0.3 is 20.9 Å². The number of nitrogens with one attached hydrogen (secondary N) is 3. The van der Waals surface area contributed by atoms with Crippen LogP contribution in [0.1, 0.15) is 43.6 Å². The van der Waals surface area contributed by atoms with Crippen LogP contribution in [-0.4, -0.2) is 51.9 Å². The topological polar surface area (TPSA) is 112 Å². The normalized spacial score (nSPS) is 21.8. The van der Waals surface area contributed by atoms with Gasteiger partial charge in [0.1, 0.15) is 17.4 Å². The lowest BCUT2D eigenvalue weighted by atomic mass is 9.86. The van der Waals surface area contributed by atoms with Crippen LogP contribution in [0.15, 0.2) is 18.3 Å². The Labute approximate surface area is 200 Å². The van der Waals surface area contributed by atoms with E-state index < -0.39 is 11.9 Å². The summed E-state index contributed by atoms with van der Waals surface area (Å²) in [7, 11) is 1.85. The van der Waals surface area contributed by atoms with Gasteiger partial charge in [0.2, 0.25) is 17.8 Å². The van der Waals surface area contributed by atoms with Gasteiger partial charge in [-0.05, 0) is 37.3 Å². The molecule has 188 valence electrons. The van der Waals surface area contributed by atoms with Gasteiger partial charge in [-0.15, -0.1) is 0 Å². The van der Waals surface area contributed by atoms with E-state index in [2.05, 4.69) is 30.9 Å². The van der Waals surface area contributed by atoms with Crippen LogP contribution in [0.25, 0.3) is 0 Å². The van der Waals surface area contributed by atoms with Crippen LogP contribution >= 0.6 is 0 Å². The van der Waals surface area contributed by atoms with Crippen molar-refractivity contribution in [2.45, 2.75) is 64.3 Å². The zero-order chi connectivity index (χ0) is 25.5. The van der Waals surface area contributed by atoms with Crippen molar-refractivity contribution in [3.05, 3.63) is 35.3 Å². The molecule has 1 fully saturated rings. The fourth-order valence-corrected chi connectivity index (χ4v) is 4.48. The number of rotatable bonds is 6. The van der Waals surface area contributed by atoms with Gasteiger partial charge in [0.25, 0.3) is 0 Å². The van der Waals surface area contributed by atoms with E-state index in [4.69, 9.17) is 0 Å². The van der Waals surface area contributed by atoms with E-state index in [1.54, 1.807) is 0 Å². The summed E-state index contributed by atoms with van der Waals surface area (Å²) in [6, 6.07) is 1.83. The maximum Gasteiger partial charge on any atom is 0.433 e. The van der Waals surface area contributed by atoms with Crippen molar-refractivity contribution in [2.24, 2.45) is 5.92 Å². The van der Waals surface area contributed by atoms with Crippen molar-refractivity contribution in [1.29, 1.82) is 0 Å². The molecule has 0 spiro atoms. The van der Waals surface area contributed by atoms with E-state index in [0.29, 0.717) is 41.6 Å². The summed E-state index contributed by atoms with van der Waals surface area (Å²) < 4.78 is 37.8. The third kappa shape index (κ3) is 5.30. The lowest BCUT2D eigenvalue weighted by Gasteiger charge is -2.38. The molecule has 4 rings (SSSR count). The first-order valence-electron chi connectivity index (χ1n) is 11.4. The van der Waals surface area contributed by atoms with Crippen LogP contribution in [0.3, 0.4) is 0 Å². The number of alkyl halides is 3. The molecule has 1 aliphatic carbocycles. The monoisotopic (exact) mass is 491 g/mol. The Morgan fingerprint density at radius 3 is 2.54 bits per heavy atom. The first kappa shape index (κ1) is 24.7. The predicted molar refractivity (Wildman–Crippen MR) is 124 cm³/mol. The Morgan fingerprint density at radius 1 is 1.23 bits per heavy atom. The average Bonchev–Trinajstić information content (AvgIpc) is 2.72. The molecule has 0 bridgehead atoms. The van der Waals surface area contributed by atoms with Crippen LogP contribution in [0.5, 0.6) is 0 Å². The molecule has 1 saturated carbocycles. The van der Waals surface area contributed by atoms with Crippen molar-refractivity contribution >= 4 is 29.3 Å². The molecule has 0 radical (unpaired) electrons. The number of carbonyl (C=O) groups excluding carboxylic acids is 2. The van der Waals surface area contributed by atoms with Crippen molar-refractivity contribution in [3.8, 4) is 0 Å². The molecule has 2 amide bonds. The van der Waals surface area contributed by atoms with Gasteiger partial charge in [-0.3, -0.25) is 14.6 Å². The highest BCUT2D eigenvalue weighted by Gasteiger charge is 2.36. The first-order chi connectivity index (χ1) is 16.4. The van der Waals surface area contributed by atoms with Crippen molar-refractivity contribution in [3.63, 3.8) is 0 Å². The highest BCUT2D eigenvalue weighted by Crippen LogP contribution is 2.35. The molecular formula is C23H28F3N7O2. The maximum absolute atomic E-state index is 12.6. The molecule has 1 atom stereocenters. The zero-order valence-electron chi connectivity index (χ0n) is 19.9. The number of amides is 2. The van der Waals surface area contributed by atoms with E-state index in [0.717, 1.165) is 12.3 Å². The van der Waals surface area contributed by atoms with Gasteiger partial charge in [-0.2, -0.15) is 18.2 Å². The summed E-state index contributed by atoms with van der Waals surface area (Å²) >= 11 is 0. The number of hydrogen-bond donors (Lipinski definition) is 3. The fourth-order valence-electron chi connectivity index (χ4n) is 4.48. The highest BCUT2D eigenvalue weighted by molar-refractivity contribution is 6.03. The minimum atomic E-state index is -4.51. The van der Waals surface area contributed by atoms with E-state index in [-0.39, 0.29) is 42.3 Å². The Balaban J connectivity index is 1.30. The van der Waals surface area contributed by atoms with E-state index >= 15 is 0 Å². The van der Waals surface area contributed by atoms with Crippen molar-refractivity contribution in [2.75, 3.05) is 22.6 Å². The number of hydrogen-bond acceptors (Lipinski definition) is 7. The molecular weight excluding hydrogens is 463 g/mol. The Bertz CT molecular complexity index is 1120. The van der Waals surface area contributed by atoms with Gasteiger partial charge in [0, 0.05) is 25.3 Å². The Hall–Kier alpha value is -3.44. The maximum atomic E-state index is 12.6. The average molecular weight is 492 g/mol. The number of likely N-dealkylation sites (N-methyl/N-ethyl adjacent to an activating group) is 1. The third-order valence-electron chi connectivity index (χ3n) is 6.29. The summed E-state index contributed by atoms with van der Waals surface area (Å²) in [6.07, 6.45) is -2.14. The van der Waals surface area contributed by atoms with Crippen molar-refractivity contribution < 1.29 is 22.8 Å².